The smallest absolute Gasteiger partial charge is 0.348 e. The van der Waals surface area contributed by atoms with E-state index >= 15 is 0 Å². The lowest BCUT2D eigenvalue weighted by Gasteiger charge is -2.04. The number of hydrogen-bond donors (Lipinski definition) is 2. The monoisotopic (exact) mass is 444 g/mol. The van der Waals surface area contributed by atoms with Crippen LogP contribution in [0.4, 0.5) is 11.4 Å². The molecule has 0 aliphatic carbocycles. The zero-order valence-electron chi connectivity index (χ0n) is 16.3. The van der Waals surface area contributed by atoms with E-state index in [0.717, 1.165) is 21.9 Å². The summed E-state index contributed by atoms with van der Waals surface area (Å²) >= 11 is 1.34. The summed E-state index contributed by atoms with van der Waals surface area (Å²) in [6.07, 6.45) is 4.10. The molecule has 0 radical (unpaired) electrons. The highest BCUT2D eigenvalue weighted by atomic mass is 32.2. The van der Waals surface area contributed by atoms with Crippen molar-refractivity contribution in [3.63, 3.8) is 0 Å². The van der Waals surface area contributed by atoms with E-state index in [2.05, 4.69) is 10.0 Å². The van der Waals surface area contributed by atoms with Crippen LogP contribution in [0.2, 0.25) is 0 Å². The molecule has 0 fully saturated rings. The summed E-state index contributed by atoms with van der Waals surface area (Å²) in [5, 5.41) is 3.63. The van der Waals surface area contributed by atoms with Gasteiger partial charge in [0.05, 0.1) is 12.9 Å². The zero-order chi connectivity index (χ0) is 21.7. The van der Waals surface area contributed by atoms with Crippen molar-refractivity contribution in [2.24, 2.45) is 0 Å². The number of hydrogen-bond acceptors (Lipinski definition) is 6. The molecule has 3 aromatic rings. The number of fused-ring (bicyclic) bond motifs is 1. The van der Waals surface area contributed by atoms with Crippen LogP contribution < -0.4 is 10.0 Å². The normalized spacial score (nSPS) is 11.5. The fourth-order valence-electron chi connectivity index (χ4n) is 2.66. The van der Waals surface area contributed by atoms with Gasteiger partial charge in [0, 0.05) is 22.2 Å². The Kier molecular flexibility index (Phi) is 6.53. The van der Waals surface area contributed by atoms with Crippen molar-refractivity contribution in [2.75, 3.05) is 22.9 Å². The highest BCUT2D eigenvalue weighted by Crippen LogP contribution is 2.28. The first-order valence-electron chi connectivity index (χ1n) is 9.01. The van der Waals surface area contributed by atoms with Gasteiger partial charge in [-0.2, -0.15) is 0 Å². The molecule has 156 valence electrons. The lowest BCUT2D eigenvalue weighted by molar-refractivity contribution is -0.111. The number of thiophene rings is 1. The number of esters is 1. The minimum Gasteiger partial charge on any atom is -0.462 e. The summed E-state index contributed by atoms with van der Waals surface area (Å²) in [6, 6.07) is 13.8. The number of sulfonamides is 1. The van der Waals surface area contributed by atoms with Gasteiger partial charge in [0.25, 0.3) is 0 Å². The highest BCUT2D eigenvalue weighted by Gasteiger charge is 2.11. The van der Waals surface area contributed by atoms with Crippen LogP contribution in [0.25, 0.3) is 16.2 Å². The number of ether oxygens (including phenoxy) is 1. The van der Waals surface area contributed by atoms with Gasteiger partial charge in [-0.1, -0.05) is 12.1 Å². The van der Waals surface area contributed by atoms with Crippen molar-refractivity contribution in [3.05, 3.63) is 65.0 Å². The van der Waals surface area contributed by atoms with Gasteiger partial charge in [-0.25, -0.2) is 13.2 Å². The summed E-state index contributed by atoms with van der Waals surface area (Å²) < 4.78 is 30.8. The molecule has 0 spiro atoms. The summed E-state index contributed by atoms with van der Waals surface area (Å²) in [4.78, 5) is 24.6. The van der Waals surface area contributed by atoms with Crippen LogP contribution in [0.3, 0.4) is 0 Å². The largest absolute Gasteiger partial charge is 0.462 e. The molecule has 0 unspecified atom stereocenters. The third-order valence-corrected chi connectivity index (χ3v) is 5.60. The number of amides is 1. The number of anilines is 2. The molecule has 0 saturated carbocycles. The Bertz CT molecular complexity index is 1210. The molecule has 1 amide bonds. The van der Waals surface area contributed by atoms with Crippen molar-refractivity contribution < 1.29 is 22.7 Å². The molecule has 0 aliphatic heterocycles. The Morgan fingerprint density at radius 2 is 1.77 bits per heavy atom. The topological polar surface area (TPSA) is 102 Å². The summed E-state index contributed by atoms with van der Waals surface area (Å²) in [5.74, 6) is -0.668. The van der Waals surface area contributed by atoms with E-state index in [-0.39, 0.29) is 11.9 Å². The second kappa shape index (κ2) is 9.10. The van der Waals surface area contributed by atoms with Crippen LogP contribution in [0.5, 0.6) is 0 Å². The molecule has 1 heterocycles. The Hall–Kier alpha value is -3.17. The quantitative estimate of drug-likeness (QED) is 0.422. The Morgan fingerprint density at radius 1 is 1.07 bits per heavy atom. The molecule has 0 bridgehead atoms. The average molecular weight is 445 g/mol. The van der Waals surface area contributed by atoms with Crippen LogP contribution in [-0.2, 0) is 19.6 Å². The van der Waals surface area contributed by atoms with Gasteiger partial charge in [-0.05, 0) is 60.3 Å². The molecule has 2 aromatic carbocycles. The SMILES string of the molecule is CCOC(=O)c1cc2cc(NC(=O)/C=C/c3ccc(NS(C)(=O)=O)cc3)ccc2s1. The average Bonchev–Trinajstić information content (AvgIpc) is 3.10. The molecule has 0 atom stereocenters. The van der Waals surface area contributed by atoms with Crippen LogP contribution in [0.1, 0.15) is 22.2 Å². The molecular formula is C21H20N2O5S2. The summed E-state index contributed by atoms with van der Waals surface area (Å²) in [5.41, 5.74) is 1.81. The molecule has 0 saturated heterocycles. The Labute approximate surface area is 178 Å². The van der Waals surface area contributed by atoms with Crippen molar-refractivity contribution in [1.82, 2.24) is 0 Å². The highest BCUT2D eigenvalue weighted by molar-refractivity contribution is 7.92. The zero-order valence-corrected chi connectivity index (χ0v) is 18.0. The standard InChI is InChI=1S/C21H20N2O5S2/c1-3-28-21(25)19-13-15-12-17(9-10-18(15)29-19)22-20(24)11-6-14-4-7-16(8-5-14)23-30(2,26)27/h4-13,23H,3H2,1-2H3,(H,22,24)/b11-6+. The maximum atomic E-state index is 12.2. The van der Waals surface area contributed by atoms with Crippen molar-refractivity contribution >= 4 is 60.8 Å². The number of carbonyl (C=O) groups excluding carboxylic acids is 2. The van der Waals surface area contributed by atoms with Crippen molar-refractivity contribution in [3.8, 4) is 0 Å². The Morgan fingerprint density at radius 3 is 2.43 bits per heavy atom. The lowest BCUT2D eigenvalue weighted by atomic mass is 10.2. The Balaban J connectivity index is 1.65. The van der Waals surface area contributed by atoms with Gasteiger partial charge in [0.2, 0.25) is 15.9 Å². The lowest BCUT2D eigenvalue weighted by Crippen LogP contribution is -2.09. The summed E-state index contributed by atoms with van der Waals surface area (Å²) in [6.45, 7) is 2.07. The maximum absolute atomic E-state index is 12.2. The number of rotatable bonds is 7. The molecule has 3 rings (SSSR count). The van der Waals surface area contributed by atoms with E-state index in [1.54, 1.807) is 55.5 Å². The van der Waals surface area contributed by atoms with Crippen LogP contribution in [-0.4, -0.2) is 33.2 Å². The fraction of sp³-hybridized carbons (Fsp3) is 0.143. The van der Waals surface area contributed by atoms with Gasteiger partial charge >= 0.3 is 5.97 Å². The second-order valence-electron chi connectivity index (χ2n) is 6.40. The van der Waals surface area contributed by atoms with Gasteiger partial charge < -0.3 is 10.1 Å². The number of carbonyl (C=O) groups is 2. The molecule has 30 heavy (non-hydrogen) atoms. The minimum absolute atomic E-state index is 0.312. The number of benzene rings is 2. The van der Waals surface area contributed by atoms with E-state index in [9.17, 15) is 18.0 Å². The van der Waals surface area contributed by atoms with E-state index < -0.39 is 10.0 Å². The van der Waals surface area contributed by atoms with E-state index in [4.69, 9.17) is 4.74 Å². The van der Waals surface area contributed by atoms with E-state index in [1.165, 1.54) is 17.4 Å². The predicted molar refractivity (Wildman–Crippen MR) is 120 cm³/mol. The first-order chi connectivity index (χ1) is 14.2. The molecule has 9 heteroatoms. The first kappa shape index (κ1) is 21.5. The first-order valence-corrected chi connectivity index (χ1v) is 11.7. The molecular weight excluding hydrogens is 424 g/mol. The van der Waals surface area contributed by atoms with E-state index in [1.807, 2.05) is 6.07 Å². The third kappa shape index (κ3) is 5.91. The van der Waals surface area contributed by atoms with Gasteiger partial charge in [-0.15, -0.1) is 11.3 Å². The summed E-state index contributed by atoms with van der Waals surface area (Å²) in [7, 11) is -3.33. The van der Waals surface area contributed by atoms with Crippen molar-refractivity contribution in [1.29, 1.82) is 0 Å². The molecule has 0 aliphatic rings. The second-order valence-corrected chi connectivity index (χ2v) is 9.23. The molecule has 1 aromatic heterocycles. The van der Waals surface area contributed by atoms with Gasteiger partial charge in [0.15, 0.2) is 0 Å². The fourth-order valence-corrected chi connectivity index (χ4v) is 4.16. The third-order valence-electron chi connectivity index (χ3n) is 3.90. The molecule has 7 nitrogen and oxygen atoms in total. The molecule has 2 N–H and O–H groups in total. The van der Waals surface area contributed by atoms with E-state index in [0.29, 0.717) is 22.9 Å². The predicted octanol–water partition coefficient (Wildman–Crippen LogP) is 4.10. The van der Waals surface area contributed by atoms with Crippen LogP contribution in [0.15, 0.2) is 54.6 Å². The van der Waals surface area contributed by atoms with Gasteiger partial charge in [0.1, 0.15) is 4.88 Å². The van der Waals surface area contributed by atoms with Gasteiger partial charge in [-0.3, -0.25) is 9.52 Å². The van der Waals surface area contributed by atoms with Crippen LogP contribution >= 0.6 is 11.3 Å². The number of nitrogens with one attached hydrogen (secondary N) is 2. The maximum Gasteiger partial charge on any atom is 0.348 e. The van der Waals surface area contributed by atoms with Crippen molar-refractivity contribution in [2.45, 2.75) is 6.92 Å². The minimum atomic E-state index is -3.33. The van der Waals surface area contributed by atoms with Crippen LogP contribution in [0, 0.1) is 0 Å².